The lowest BCUT2D eigenvalue weighted by atomic mass is 10.1. The van der Waals surface area contributed by atoms with Crippen LogP contribution < -0.4 is 5.32 Å². The minimum absolute atomic E-state index is 1.05. The standard InChI is InChI=1S/C15H27NS/c1-2-3-4-5-6-7-8-9-12-16-14-15-11-10-13-17-15/h10-11,13,16H,2-9,12,14H2,1H3. The van der Waals surface area contributed by atoms with Crippen LogP contribution in [0.5, 0.6) is 0 Å². The van der Waals surface area contributed by atoms with Crippen LogP contribution in [0.3, 0.4) is 0 Å². The average molecular weight is 253 g/mol. The highest BCUT2D eigenvalue weighted by atomic mass is 32.1. The molecule has 0 unspecified atom stereocenters. The lowest BCUT2D eigenvalue weighted by Crippen LogP contribution is -2.13. The van der Waals surface area contributed by atoms with Crippen LogP contribution in [0.15, 0.2) is 17.5 Å². The summed E-state index contributed by atoms with van der Waals surface area (Å²) in [5.74, 6) is 0. The van der Waals surface area contributed by atoms with Gasteiger partial charge in [0.2, 0.25) is 0 Å². The Hall–Kier alpha value is -0.340. The van der Waals surface area contributed by atoms with E-state index in [1.807, 2.05) is 11.3 Å². The van der Waals surface area contributed by atoms with Crippen LogP contribution in [0, 0.1) is 0 Å². The number of unbranched alkanes of at least 4 members (excludes halogenated alkanes) is 7. The van der Waals surface area contributed by atoms with E-state index < -0.39 is 0 Å². The summed E-state index contributed by atoms with van der Waals surface area (Å²) in [6, 6.07) is 4.32. The minimum Gasteiger partial charge on any atom is -0.312 e. The van der Waals surface area contributed by atoms with Gasteiger partial charge in [-0.15, -0.1) is 11.3 Å². The maximum absolute atomic E-state index is 3.51. The van der Waals surface area contributed by atoms with Gasteiger partial charge in [0.1, 0.15) is 0 Å². The van der Waals surface area contributed by atoms with Crippen molar-refractivity contribution in [3.05, 3.63) is 22.4 Å². The second kappa shape index (κ2) is 10.8. The molecule has 0 radical (unpaired) electrons. The molecule has 0 saturated carbocycles. The first kappa shape index (κ1) is 14.7. The highest BCUT2D eigenvalue weighted by molar-refractivity contribution is 7.09. The summed E-state index contributed by atoms with van der Waals surface area (Å²) < 4.78 is 0. The van der Waals surface area contributed by atoms with Crippen molar-refractivity contribution in [1.82, 2.24) is 5.32 Å². The zero-order valence-electron chi connectivity index (χ0n) is 11.2. The lowest BCUT2D eigenvalue weighted by molar-refractivity contribution is 0.556. The summed E-state index contributed by atoms with van der Waals surface area (Å²) >= 11 is 1.84. The highest BCUT2D eigenvalue weighted by Gasteiger charge is 1.93. The van der Waals surface area contributed by atoms with Gasteiger partial charge < -0.3 is 5.32 Å². The number of thiophene rings is 1. The van der Waals surface area contributed by atoms with Crippen molar-refractivity contribution in [3.63, 3.8) is 0 Å². The third kappa shape index (κ3) is 8.39. The van der Waals surface area contributed by atoms with E-state index >= 15 is 0 Å². The van der Waals surface area contributed by atoms with Crippen molar-refractivity contribution in [1.29, 1.82) is 0 Å². The van der Waals surface area contributed by atoms with Crippen LogP contribution in [0.25, 0.3) is 0 Å². The molecule has 0 spiro atoms. The van der Waals surface area contributed by atoms with E-state index in [2.05, 4.69) is 29.8 Å². The first-order valence-corrected chi connectivity index (χ1v) is 8.04. The molecule has 1 N–H and O–H groups in total. The van der Waals surface area contributed by atoms with Crippen LogP contribution in [-0.4, -0.2) is 6.54 Å². The molecule has 0 saturated heterocycles. The van der Waals surface area contributed by atoms with Gasteiger partial charge in [0.15, 0.2) is 0 Å². The van der Waals surface area contributed by atoms with Crippen molar-refractivity contribution >= 4 is 11.3 Å². The predicted octanol–water partition coefficient (Wildman–Crippen LogP) is 4.98. The molecule has 0 aromatic carbocycles. The molecule has 0 aliphatic rings. The van der Waals surface area contributed by atoms with Crippen molar-refractivity contribution in [2.75, 3.05) is 6.54 Å². The van der Waals surface area contributed by atoms with E-state index in [1.54, 1.807) is 0 Å². The van der Waals surface area contributed by atoms with Gasteiger partial charge in [-0.2, -0.15) is 0 Å². The summed E-state index contributed by atoms with van der Waals surface area (Å²) in [7, 11) is 0. The summed E-state index contributed by atoms with van der Waals surface area (Å²) in [4.78, 5) is 1.45. The lowest BCUT2D eigenvalue weighted by Gasteiger charge is -2.03. The highest BCUT2D eigenvalue weighted by Crippen LogP contribution is 2.09. The van der Waals surface area contributed by atoms with Crippen molar-refractivity contribution in [2.45, 2.75) is 64.8 Å². The zero-order chi connectivity index (χ0) is 12.2. The van der Waals surface area contributed by atoms with E-state index in [4.69, 9.17) is 0 Å². The molecule has 1 rings (SSSR count). The normalized spacial score (nSPS) is 10.9. The van der Waals surface area contributed by atoms with Crippen LogP contribution in [0.2, 0.25) is 0 Å². The molecular formula is C15H27NS. The number of hydrogen-bond donors (Lipinski definition) is 1. The summed E-state index contributed by atoms with van der Waals surface area (Å²) in [6.07, 6.45) is 11.2. The van der Waals surface area contributed by atoms with Gasteiger partial charge in [0, 0.05) is 11.4 Å². The number of nitrogens with one attached hydrogen (secondary N) is 1. The van der Waals surface area contributed by atoms with E-state index in [-0.39, 0.29) is 0 Å². The second-order valence-corrected chi connectivity index (χ2v) is 5.76. The Morgan fingerprint density at radius 1 is 1.00 bits per heavy atom. The van der Waals surface area contributed by atoms with Crippen molar-refractivity contribution in [2.24, 2.45) is 0 Å². The molecular weight excluding hydrogens is 226 g/mol. The summed E-state index contributed by atoms with van der Waals surface area (Å²) in [5, 5.41) is 5.66. The van der Waals surface area contributed by atoms with Crippen molar-refractivity contribution < 1.29 is 0 Å². The Morgan fingerprint density at radius 2 is 1.71 bits per heavy atom. The van der Waals surface area contributed by atoms with Crippen LogP contribution in [0.4, 0.5) is 0 Å². The maximum atomic E-state index is 3.51. The van der Waals surface area contributed by atoms with Crippen LogP contribution >= 0.6 is 11.3 Å². The third-order valence-corrected chi connectivity index (χ3v) is 3.96. The molecule has 0 aliphatic heterocycles. The van der Waals surface area contributed by atoms with E-state index in [1.165, 1.54) is 62.8 Å². The smallest absolute Gasteiger partial charge is 0.0299 e. The average Bonchev–Trinajstić information content (AvgIpc) is 2.85. The van der Waals surface area contributed by atoms with E-state index in [9.17, 15) is 0 Å². The van der Waals surface area contributed by atoms with E-state index in [0.717, 1.165) is 6.54 Å². The fraction of sp³-hybridized carbons (Fsp3) is 0.733. The molecule has 0 aliphatic carbocycles. The maximum Gasteiger partial charge on any atom is 0.0299 e. The first-order valence-electron chi connectivity index (χ1n) is 7.16. The van der Waals surface area contributed by atoms with E-state index in [0.29, 0.717) is 0 Å². The van der Waals surface area contributed by atoms with Crippen LogP contribution in [-0.2, 0) is 6.54 Å². The molecule has 0 atom stereocenters. The topological polar surface area (TPSA) is 12.0 Å². The molecule has 0 amide bonds. The molecule has 1 nitrogen and oxygen atoms in total. The molecule has 0 fully saturated rings. The Balaban J connectivity index is 1.76. The molecule has 98 valence electrons. The van der Waals surface area contributed by atoms with Gasteiger partial charge >= 0.3 is 0 Å². The molecule has 1 aromatic heterocycles. The van der Waals surface area contributed by atoms with Gasteiger partial charge in [-0.3, -0.25) is 0 Å². The quantitative estimate of drug-likeness (QED) is 0.548. The SMILES string of the molecule is CCCCCCCCCCNCc1cccs1. The zero-order valence-corrected chi connectivity index (χ0v) is 12.0. The predicted molar refractivity (Wildman–Crippen MR) is 78.6 cm³/mol. The molecule has 17 heavy (non-hydrogen) atoms. The fourth-order valence-corrected chi connectivity index (χ4v) is 2.68. The van der Waals surface area contributed by atoms with Gasteiger partial charge in [0.05, 0.1) is 0 Å². The first-order chi connectivity index (χ1) is 8.43. The molecule has 1 aromatic rings. The number of hydrogen-bond acceptors (Lipinski definition) is 2. The largest absolute Gasteiger partial charge is 0.312 e. The summed E-state index contributed by atoms with van der Waals surface area (Å²) in [6.45, 7) is 4.50. The third-order valence-electron chi connectivity index (χ3n) is 3.09. The minimum atomic E-state index is 1.05. The fourth-order valence-electron chi connectivity index (χ4n) is 2.01. The Bertz CT molecular complexity index is 243. The second-order valence-electron chi connectivity index (χ2n) is 4.73. The molecule has 1 heterocycles. The number of rotatable bonds is 11. The van der Waals surface area contributed by atoms with Crippen molar-refractivity contribution in [3.8, 4) is 0 Å². The Morgan fingerprint density at radius 3 is 2.35 bits per heavy atom. The molecule has 0 bridgehead atoms. The Labute approximate surface area is 111 Å². The van der Waals surface area contributed by atoms with Gasteiger partial charge in [0.25, 0.3) is 0 Å². The van der Waals surface area contributed by atoms with Gasteiger partial charge in [-0.25, -0.2) is 0 Å². The summed E-state index contributed by atoms with van der Waals surface area (Å²) in [5.41, 5.74) is 0. The van der Waals surface area contributed by atoms with Crippen LogP contribution in [0.1, 0.15) is 63.2 Å². The monoisotopic (exact) mass is 253 g/mol. The molecule has 2 heteroatoms. The Kier molecular flexibility index (Phi) is 9.34. The van der Waals surface area contributed by atoms with Gasteiger partial charge in [-0.05, 0) is 24.4 Å². The van der Waals surface area contributed by atoms with Gasteiger partial charge in [-0.1, -0.05) is 57.9 Å².